The van der Waals surface area contributed by atoms with Crippen molar-refractivity contribution >= 4 is 0 Å². The minimum absolute atomic E-state index is 0.0633. The second-order valence-electron chi connectivity index (χ2n) is 8.02. The molecule has 3 fully saturated rings. The molecule has 0 aromatic rings. The van der Waals surface area contributed by atoms with E-state index in [4.69, 9.17) is 15.2 Å². The van der Waals surface area contributed by atoms with Gasteiger partial charge in [0.05, 0.1) is 23.9 Å². The highest BCUT2D eigenvalue weighted by atomic mass is 16.5. The molecular formula is C16H30N2O2. The van der Waals surface area contributed by atoms with Crippen LogP contribution in [0.25, 0.3) is 0 Å². The number of hydrogen-bond donors (Lipinski definition) is 1. The van der Waals surface area contributed by atoms with Crippen molar-refractivity contribution in [2.45, 2.75) is 76.3 Å². The molecule has 0 aromatic carbocycles. The third-order valence-corrected chi connectivity index (χ3v) is 5.45. The number of fused-ring (bicyclic) bond motifs is 1. The fourth-order valence-electron chi connectivity index (χ4n) is 4.54. The summed E-state index contributed by atoms with van der Waals surface area (Å²) >= 11 is 0. The first-order valence-corrected chi connectivity index (χ1v) is 8.10. The van der Waals surface area contributed by atoms with Crippen molar-refractivity contribution in [3.63, 3.8) is 0 Å². The Morgan fingerprint density at radius 3 is 2.65 bits per heavy atom. The maximum absolute atomic E-state index is 6.60. The first kappa shape index (κ1) is 14.8. The Morgan fingerprint density at radius 2 is 2.00 bits per heavy atom. The van der Waals surface area contributed by atoms with E-state index >= 15 is 0 Å². The molecule has 3 aliphatic rings. The third-order valence-electron chi connectivity index (χ3n) is 5.45. The average molecular weight is 282 g/mol. The van der Waals surface area contributed by atoms with Crippen LogP contribution in [-0.2, 0) is 9.47 Å². The zero-order chi connectivity index (χ0) is 14.5. The van der Waals surface area contributed by atoms with Crippen molar-refractivity contribution in [1.29, 1.82) is 0 Å². The van der Waals surface area contributed by atoms with Gasteiger partial charge in [-0.3, -0.25) is 4.90 Å². The molecule has 116 valence electrons. The quantitative estimate of drug-likeness (QED) is 0.838. The van der Waals surface area contributed by atoms with E-state index in [2.05, 4.69) is 32.6 Å². The lowest BCUT2D eigenvalue weighted by molar-refractivity contribution is -0.0980. The van der Waals surface area contributed by atoms with E-state index in [-0.39, 0.29) is 23.3 Å². The second-order valence-corrected chi connectivity index (χ2v) is 8.02. The number of nitrogens with two attached hydrogens (primary N) is 1. The molecule has 0 aromatic heterocycles. The number of rotatable bonds is 2. The summed E-state index contributed by atoms with van der Waals surface area (Å²) in [6, 6.07) is 0.705. The SMILES string of the molecule is CC1(C)CC(C(N)C2CN3CCCC3CO2)C(C)(C)O1. The van der Waals surface area contributed by atoms with Crippen LogP contribution >= 0.6 is 0 Å². The van der Waals surface area contributed by atoms with Crippen molar-refractivity contribution in [3.8, 4) is 0 Å². The normalized spacial score (nSPS) is 41.5. The first-order valence-electron chi connectivity index (χ1n) is 8.10. The summed E-state index contributed by atoms with van der Waals surface area (Å²) in [5, 5.41) is 0. The lowest BCUT2D eigenvalue weighted by Gasteiger charge is -2.41. The smallest absolute Gasteiger partial charge is 0.0857 e. The summed E-state index contributed by atoms with van der Waals surface area (Å²) < 4.78 is 12.3. The van der Waals surface area contributed by atoms with E-state index in [1.54, 1.807) is 0 Å². The largest absolute Gasteiger partial charge is 0.374 e. The van der Waals surface area contributed by atoms with Gasteiger partial charge in [-0.05, 0) is 53.5 Å². The van der Waals surface area contributed by atoms with Gasteiger partial charge in [-0.15, -0.1) is 0 Å². The average Bonchev–Trinajstić information content (AvgIpc) is 2.88. The van der Waals surface area contributed by atoms with Gasteiger partial charge >= 0.3 is 0 Å². The van der Waals surface area contributed by atoms with Crippen LogP contribution in [-0.4, -0.2) is 54.0 Å². The molecule has 3 heterocycles. The molecule has 2 N–H and O–H groups in total. The van der Waals surface area contributed by atoms with Gasteiger partial charge in [-0.1, -0.05) is 0 Å². The molecule has 0 amide bonds. The van der Waals surface area contributed by atoms with Crippen molar-refractivity contribution < 1.29 is 9.47 Å². The summed E-state index contributed by atoms with van der Waals surface area (Å²) in [5.41, 5.74) is 6.37. The molecule has 0 spiro atoms. The predicted octanol–water partition coefficient (Wildman–Crippen LogP) is 1.77. The van der Waals surface area contributed by atoms with E-state index < -0.39 is 0 Å². The van der Waals surface area contributed by atoms with E-state index in [1.165, 1.54) is 19.4 Å². The molecule has 0 bridgehead atoms. The summed E-state index contributed by atoms with van der Waals surface area (Å²) in [6.45, 7) is 11.8. The molecular weight excluding hydrogens is 252 g/mol. The van der Waals surface area contributed by atoms with Crippen molar-refractivity contribution in [2.24, 2.45) is 11.7 Å². The highest BCUT2D eigenvalue weighted by molar-refractivity contribution is 5.02. The standard InChI is InChI=1S/C16H30N2O2/c1-15(2)8-12(16(3,4)20-15)14(17)13-9-18-7-5-6-11(18)10-19-13/h11-14H,5-10,17H2,1-4H3. The zero-order valence-electron chi connectivity index (χ0n) is 13.4. The highest BCUT2D eigenvalue weighted by Crippen LogP contribution is 2.44. The molecule has 3 aliphatic heterocycles. The van der Waals surface area contributed by atoms with Gasteiger partial charge in [0.15, 0.2) is 0 Å². The van der Waals surface area contributed by atoms with E-state index in [1.807, 2.05) is 0 Å². The van der Waals surface area contributed by atoms with Crippen LogP contribution in [0.15, 0.2) is 0 Å². The maximum atomic E-state index is 6.60. The Morgan fingerprint density at radius 1 is 1.25 bits per heavy atom. The maximum Gasteiger partial charge on any atom is 0.0857 e. The zero-order valence-corrected chi connectivity index (χ0v) is 13.4. The third kappa shape index (κ3) is 2.63. The molecule has 3 rings (SSSR count). The molecule has 3 saturated heterocycles. The summed E-state index contributed by atoms with van der Waals surface area (Å²) in [6.07, 6.45) is 3.77. The fourth-order valence-corrected chi connectivity index (χ4v) is 4.54. The van der Waals surface area contributed by atoms with Gasteiger partial charge in [0.2, 0.25) is 0 Å². The van der Waals surface area contributed by atoms with Crippen molar-refractivity contribution in [2.75, 3.05) is 19.7 Å². The topological polar surface area (TPSA) is 47.7 Å². The van der Waals surface area contributed by atoms with Gasteiger partial charge in [-0.2, -0.15) is 0 Å². The fraction of sp³-hybridized carbons (Fsp3) is 1.00. The van der Waals surface area contributed by atoms with E-state index in [0.29, 0.717) is 12.0 Å². The number of ether oxygens (including phenoxy) is 2. The summed E-state index contributed by atoms with van der Waals surface area (Å²) in [4.78, 5) is 2.57. The highest BCUT2D eigenvalue weighted by Gasteiger charge is 2.50. The van der Waals surface area contributed by atoms with Crippen LogP contribution in [0.5, 0.6) is 0 Å². The van der Waals surface area contributed by atoms with Crippen molar-refractivity contribution in [3.05, 3.63) is 0 Å². The Bertz CT molecular complexity index is 369. The second kappa shape index (κ2) is 4.94. The minimum atomic E-state index is -0.159. The number of hydrogen-bond acceptors (Lipinski definition) is 4. The minimum Gasteiger partial charge on any atom is -0.374 e. The molecule has 4 heteroatoms. The molecule has 4 nitrogen and oxygen atoms in total. The molecule has 0 radical (unpaired) electrons. The van der Waals surface area contributed by atoms with Gasteiger partial charge in [-0.25, -0.2) is 0 Å². The molecule has 4 atom stereocenters. The van der Waals surface area contributed by atoms with Gasteiger partial charge in [0.25, 0.3) is 0 Å². The lowest BCUT2D eigenvalue weighted by Crippen LogP contribution is -2.57. The Hall–Kier alpha value is -0.160. The van der Waals surface area contributed by atoms with Gasteiger partial charge in [0, 0.05) is 24.5 Å². The number of morpholine rings is 1. The Labute approximate surface area is 123 Å². The Kier molecular flexibility index (Phi) is 3.65. The van der Waals surface area contributed by atoms with Crippen LogP contribution in [0.4, 0.5) is 0 Å². The molecule has 0 saturated carbocycles. The summed E-state index contributed by atoms with van der Waals surface area (Å²) in [5.74, 6) is 0.363. The molecule has 20 heavy (non-hydrogen) atoms. The van der Waals surface area contributed by atoms with Crippen LogP contribution in [0, 0.1) is 5.92 Å². The van der Waals surface area contributed by atoms with E-state index in [0.717, 1.165) is 19.6 Å². The van der Waals surface area contributed by atoms with Crippen LogP contribution in [0.1, 0.15) is 47.0 Å². The van der Waals surface area contributed by atoms with E-state index in [9.17, 15) is 0 Å². The molecule has 4 unspecified atom stereocenters. The van der Waals surface area contributed by atoms with Gasteiger partial charge in [0.1, 0.15) is 0 Å². The first-order chi connectivity index (χ1) is 9.28. The predicted molar refractivity (Wildman–Crippen MR) is 79.7 cm³/mol. The van der Waals surface area contributed by atoms with Crippen LogP contribution in [0.3, 0.4) is 0 Å². The van der Waals surface area contributed by atoms with Crippen molar-refractivity contribution in [1.82, 2.24) is 4.90 Å². The Balaban J connectivity index is 1.68. The summed E-state index contributed by atoms with van der Waals surface area (Å²) in [7, 11) is 0. The lowest BCUT2D eigenvalue weighted by atomic mass is 9.79. The van der Waals surface area contributed by atoms with Crippen LogP contribution < -0.4 is 5.73 Å². The van der Waals surface area contributed by atoms with Crippen LogP contribution in [0.2, 0.25) is 0 Å². The monoisotopic (exact) mass is 282 g/mol. The van der Waals surface area contributed by atoms with Gasteiger partial charge < -0.3 is 15.2 Å². The number of nitrogens with zero attached hydrogens (tertiary/aromatic N) is 1. The molecule has 0 aliphatic carbocycles.